The molecule has 126 valence electrons. The molecule has 0 aliphatic carbocycles. The van der Waals surface area contributed by atoms with Crippen LogP contribution in [0.3, 0.4) is 0 Å². The van der Waals surface area contributed by atoms with Crippen LogP contribution in [0.15, 0.2) is 72.1 Å². The highest BCUT2D eigenvalue weighted by Gasteiger charge is 2.11. The van der Waals surface area contributed by atoms with Crippen molar-refractivity contribution in [2.75, 3.05) is 6.61 Å². The van der Waals surface area contributed by atoms with Gasteiger partial charge in [0.05, 0.1) is 17.6 Å². The molecule has 2 aromatic heterocycles. The summed E-state index contributed by atoms with van der Waals surface area (Å²) in [7, 11) is 0. The Morgan fingerprint density at radius 1 is 0.920 bits per heavy atom. The van der Waals surface area contributed by atoms with Crippen molar-refractivity contribution < 1.29 is 4.74 Å². The maximum absolute atomic E-state index is 5.83. The molecule has 0 N–H and O–H groups in total. The maximum Gasteiger partial charge on any atom is 0.119 e. The van der Waals surface area contributed by atoms with E-state index < -0.39 is 0 Å². The van der Waals surface area contributed by atoms with E-state index in [1.807, 2.05) is 36.4 Å². The Morgan fingerprint density at radius 2 is 1.76 bits per heavy atom. The highest BCUT2D eigenvalue weighted by molar-refractivity contribution is 7.09. The van der Waals surface area contributed by atoms with E-state index in [1.54, 1.807) is 11.3 Å². The van der Waals surface area contributed by atoms with E-state index in [0.29, 0.717) is 6.61 Å². The van der Waals surface area contributed by atoms with Crippen LogP contribution in [-0.4, -0.2) is 16.2 Å². The number of nitrogens with zero attached hydrogens (tertiary/aromatic N) is 2. The lowest BCUT2D eigenvalue weighted by Gasteiger charge is -2.10. The number of hydrogen-bond acceptors (Lipinski definition) is 3. The van der Waals surface area contributed by atoms with E-state index >= 15 is 0 Å². The van der Waals surface area contributed by atoms with Crippen LogP contribution in [0.1, 0.15) is 17.1 Å². The SMILES string of the molecule is c1ccc(OCCCn2c(Cc3cccs3)nc3ccccc32)cc1. The van der Waals surface area contributed by atoms with Crippen molar-refractivity contribution in [3.05, 3.63) is 82.8 Å². The number of aromatic nitrogens is 2. The number of hydrogen-bond donors (Lipinski definition) is 0. The van der Waals surface area contributed by atoms with Gasteiger partial charge < -0.3 is 9.30 Å². The van der Waals surface area contributed by atoms with Gasteiger partial charge in [0.1, 0.15) is 11.6 Å². The van der Waals surface area contributed by atoms with Gasteiger partial charge in [-0.1, -0.05) is 36.4 Å². The third-order valence-corrected chi connectivity index (χ3v) is 5.06. The minimum atomic E-state index is 0.703. The standard InChI is InChI=1S/C21H20N2OS/c1-2-8-17(9-3-1)24-14-7-13-23-20-12-5-4-11-19(20)22-21(23)16-18-10-6-15-25-18/h1-6,8-12,15H,7,13-14,16H2. The molecule has 0 bridgehead atoms. The average molecular weight is 348 g/mol. The van der Waals surface area contributed by atoms with Crippen molar-refractivity contribution in [2.24, 2.45) is 0 Å². The van der Waals surface area contributed by atoms with Crippen LogP contribution in [0, 0.1) is 0 Å². The van der Waals surface area contributed by atoms with E-state index in [9.17, 15) is 0 Å². The Labute approximate surface area is 151 Å². The van der Waals surface area contributed by atoms with Gasteiger partial charge in [-0.3, -0.25) is 0 Å². The van der Waals surface area contributed by atoms with Crippen LogP contribution in [0.25, 0.3) is 11.0 Å². The van der Waals surface area contributed by atoms with Crippen LogP contribution in [0.5, 0.6) is 5.75 Å². The minimum absolute atomic E-state index is 0.703. The number of thiophene rings is 1. The predicted octanol–water partition coefficient (Wildman–Crippen LogP) is 5.16. The molecule has 0 atom stereocenters. The Bertz CT molecular complexity index is 929. The van der Waals surface area contributed by atoms with Crippen molar-refractivity contribution in [2.45, 2.75) is 19.4 Å². The first kappa shape index (κ1) is 15.9. The number of aryl methyl sites for hydroxylation is 1. The molecule has 0 radical (unpaired) electrons. The van der Waals surface area contributed by atoms with E-state index in [2.05, 4.69) is 40.3 Å². The molecule has 3 nitrogen and oxygen atoms in total. The zero-order valence-corrected chi connectivity index (χ0v) is 14.8. The Kier molecular flexibility index (Phi) is 4.79. The number of imidazole rings is 1. The van der Waals surface area contributed by atoms with Crippen LogP contribution < -0.4 is 4.74 Å². The van der Waals surface area contributed by atoms with Gasteiger partial charge in [-0.15, -0.1) is 11.3 Å². The number of ether oxygens (including phenoxy) is 1. The molecule has 2 heterocycles. The Morgan fingerprint density at radius 3 is 2.60 bits per heavy atom. The molecular formula is C21H20N2OS. The molecule has 4 aromatic rings. The van der Waals surface area contributed by atoms with Crippen LogP contribution in [0.2, 0.25) is 0 Å². The molecule has 2 aromatic carbocycles. The molecule has 0 aliphatic heterocycles. The van der Waals surface area contributed by atoms with E-state index in [1.165, 1.54) is 10.4 Å². The van der Waals surface area contributed by atoms with Crippen molar-refractivity contribution >= 4 is 22.4 Å². The summed E-state index contributed by atoms with van der Waals surface area (Å²) in [6.07, 6.45) is 1.83. The summed E-state index contributed by atoms with van der Waals surface area (Å²) in [6.45, 7) is 1.61. The van der Waals surface area contributed by atoms with Gasteiger partial charge in [0.15, 0.2) is 0 Å². The number of rotatable bonds is 7. The number of para-hydroxylation sites is 3. The third-order valence-electron chi connectivity index (χ3n) is 4.18. The monoisotopic (exact) mass is 348 g/mol. The topological polar surface area (TPSA) is 27.1 Å². The van der Waals surface area contributed by atoms with Crippen molar-refractivity contribution in [3.63, 3.8) is 0 Å². The lowest BCUT2D eigenvalue weighted by atomic mass is 10.3. The lowest BCUT2D eigenvalue weighted by Crippen LogP contribution is -2.08. The van der Waals surface area contributed by atoms with E-state index in [4.69, 9.17) is 9.72 Å². The summed E-state index contributed by atoms with van der Waals surface area (Å²) in [6, 6.07) is 22.6. The summed E-state index contributed by atoms with van der Waals surface area (Å²) >= 11 is 1.78. The average Bonchev–Trinajstić information content (AvgIpc) is 3.28. The second-order valence-corrected chi connectivity index (χ2v) is 6.97. The summed E-state index contributed by atoms with van der Waals surface area (Å²) in [5.41, 5.74) is 2.27. The van der Waals surface area contributed by atoms with E-state index in [-0.39, 0.29) is 0 Å². The van der Waals surface area contributed by atoms with Gasteiger partial charge >= 0.3 is 0 Å². The van der Waals surface area contributed by atoms with E-state index in [0.717, 1.165) is 36.5 Å². The highest BCUT2D eigenvalue weighted by atomic mass is 32.1. The molecule has 25 heavy (non-hydrogen) atoms. The molecule has 0 amide bonds. The Hall–Kier alpha value is -2.59. The summed E-state index contributed by atoms with van der Waals surface area (Å²) in [4.78, 5) is 6.20. The van der Waals surface area contributed by atoms with Gasteiger partial charge in [-0.25, -0.2) is 4.98 Å². The zero-order valence-electron chi connectivity index (χ0n) is 14.0. The first-order chi connectivity index (χ1) is 12.4. The predicted molar refractivity (Wildman–Crippen MR) is 103 cm³/mol. The molecular weight excluding hydrogens is 328 g/mol. The van der Waals surface area contributed by atoms with Gasteiger partial charge in [0.2, 0.25) is 0 Å². The summed E-state index contributed by atoms with van der Waals surface area (Å²) in [5, 5.41) is 2.12. The van der Waals surface area contributed by atoms with Crippen LogP contribution >= 0.6 is 11.3 Å². The fourth-order valence-electron chi connectivity index (χ4n) is 3.01. The minimum Gasteiger partial charge on any atom is -0.494 e. The van der Waals surface area contributed by atoms with Crippen LogP contribution in [0.4, 0.5) is 0 Å². The fraction of sp³-hybridized carbons (Fsp3) is 0.190. The highest BCUT2D eigenvalue weighted by Crippen LogP contribution is 2.21. The van der Waals surface area contributed by atoms with Crippen molar-refractivity contribution in [1.82, 2.24) is 9.55 Å². The first-order valence-corrected chi connectivity index (χ1v) is 9.42. The molecule has 0 aliphatic rings. The quantitative estimate of drug-likeness (QED) is 0.431. The molecule has 4 heteroatoms. The van der Waals surface area contributed by atoms with Crippen molar-refractivity contribution in [1.29, 1.82) is 0 Å². The van der Waals surface area contributed by atoms with Crippen molar-refractivity contribution in [3.8, 4) is 5.75 Å². The molecule has 0 saturated heterocycles. The zero-order chi connectivity index (χ0) is 16.9. The fourth-order valence-corrected chi connectivity index (χ4v) is 3.71. The molecule has 0 unspecified atom stereocenters. The molecule has 0 spiro atoms. The largest absolute Gasteiger partial charge is 0.494 e. The number of benzene rings is 2. The maximum atomic E-state index is 5.83. The second-order valence-electron chi connectivity index (χ2n) is 5.94. The molecule has 0 saturated carbocycles. The number of fused-ring (bicyclic) bond motifs is 1. The first-order valence-electron chi connectivity index (χ1n) is 8.54. The molecule has 0 fully saturated rings. The van der Waals surface area contributed by atoms with Gasteiger partial charge in [0, 0.05) is 17.8 Å². The Balaban J connectivity index is 1.49. The normalized spacial score (nSPS) is 11.0. The van der Waals surface area contributed by atoms with Gasteiger partial charge in [-0.2, -0.15) is 0 Å². The van der Waals surface area contributed by atoms with Crippen LogP contribution in [-0.2, 0) is 13.0 Å². The van der Waals surface area contributed by atoms with Gasteiger partial charge in [0.25, 0.3) is 0 Å². The summed E-state index contributed by atoms with van der Waals surface area (Å²) in [5.74, 6) is 2.06. The third kappa shape index (κ3) is 3.74. The smallest absolute Gasteiger partial charge is 0.119 e. The lowest BCUT2D eigenvalue weighted by molar-refractivity contribution is 0.302. The van der Waals surface area contributed by atoms with Gasteiger partial charge in [-0.05, 0) is 42.1 Å². The summed E-state index contributed by atoms with van der Waals surface area (Å²) < 4.78 is 8.17. The molecule has 4 rings (SSSR count). The second kappa shape index (κ2) is 7.53.